The summed E-state index contributed by atoms with van der Waals surface area (Å²) in [7, 11) is 0. The zero-order chi connectivity index (χ0) is 17.8. The van der Waals surface area contributed by atoms with Crippen LogP contribution >= 0.6 is 0 Å². The third-order valence-corrected chi connectivity index (χ3v) is 5.01. The average molecular weight is 329 g/mol. The van der Waals surface area contributed by atoms with Crippen molar-refractivity contribution < 1.29 is 10.2 Å². The second kappa shape index (κ2) is 13.2. The van der Waals surface area contributed by atoms with Gasteiger partial charge in [-0.3, -0.25) is 0 Å². The maximum Gasteiger partial charge on any atom is 0.0542 e. The van der Waals surface area contributed by atoms with Crippen molar-refractivity contribution in [3.8, 4) is 0 Å². The fraction of sp³-hybridized carbons (Fsp3) is 1.00. The van der Waals surface area contributed by atoms with Gasteiger partial charge in [0.2, 0.25) is 0 Å². The third-order valence-electron chi connectivity index (χ3n) is 5.01. The first kappa shape index (κ1) is 22.9. The minimum atomic E-state index is -0.111. The van der Waals surface area contributed by atoms with E-state index in [9.17, 15) is 10.2 Å². The molecule has 0 saturated heterocycles. The number of hydrogen-bond donors (Lipinski definition) is 2. The molecule has 0 spiro atoms. The van der Waals surface area contributed by atoms with Gasteiger partial charge in [0.05, 0.1) is 12.2 Å². The zero-order valence-electron chi connectivity index (χ0n) is 16.7. The Kier molecular flexibility index (Phi) is 13.2. The molecular formula is C21H44O2. The van der Waals surface area contributed by atoms with Crippen LogP contribution in [0, 0.1) is 23.7 Å². The van der Waals surface area contributed by atoms with Crippen molar-refractivity contribution in [1.82, 2.24) is 0 Å². The molecular weight excluding hydrogens is 284 g/mol. The van der Waals surface area contributed by atoms with Gasteiger partial charge >= 0.3 is 0 Å². The lowest BCUT2D eigenvalue weighted by Crippen LogP contribution is -2.16. The van der Waals surface area contributed by atoms with Crippen LogP contribution in [0.4, 0.5) is 0 Å². The SMILES string of the molecule is CCCC(O)CC(C)CC(C)CC(C)CC(C)CC(O)CCC. The van der Waals surface area contributed by atoms with Gasteiger partial charge < -0.3 is 10.2 Å². The number of hydrogen-bond acceptors (Lipinski definition) is 2. The maximum atomic E-state index is 9.94. The highest BCUT2D eigenvalue weighted by molar-refractivity contribution is 4.69. The van der Waals surface area contributed by atoms with Crippen LogP contribution in [0.1, 0.15) is 99.3 Å². The Hall–Kier alpha value is -0.0800. The molecule has 0 aromatic heterocycles. The second-order valence-electron chi connectivity index (χ2n) is 8.48. The van der Waals surface area contributed by atoms with Crippen molar-refractivity contribution in [3.63, 3.8) is 0 Å². The van der Waals surface area contributed by atoms with Crippen LogP contribution in [-0.2, 0) is 0 Å². The first-order chi connectivity index (χ1) is 10.8. The first-order valence-electron chi connectivity index (χ1n) is 10.1. The van der Waals surface area contributed by atoms with E-state index in [1.807, 2.05) is 0 Å². The van der Waals surface area contributed by atoms with Crippen LogP contribution in [0.2, 0.25) is 0 Å². The van der Waals surface area contributed by atoms with E-state index in [-0.39, 0.29) is 12.2 Å². The molecule has 2 N–H and O–H groups in total. The van der Waals surface area contributed by atoms with E-state index < -0.39 is 0 Å². The van der Waals surface area contributed by atoms with Gasteiger partial charge in [0.25, 0.3) is 0 Å². The summed E-state index contributed by atoms with van der Waals surface area (Å²) in [6, 6.07) is 0. The van der Waals surface area contributed by atoms with Gasteiger partial charge in [-0.2, -0.15) is 0 Å². The normalized spacial score (nSPS) is 19.8. The Morgan fingerprint density at radius 3 is 1.04 bits per heavy atom. The Labute approximate surface area is 146 Å². The number of aliphatic hydroxyl groups is 2. The van der Waals surface area contributed by atoms with Crippen molar-refractivity contribution >= 4 is 0 Å². The minimum Gasteiger partial charge on any atom is -0.393 e. The number of aliphatic hydroxyl groups excluding tert-OH is 2. The van der Waals surface area contributed by atoms with Crippen molar-refractivity contribution in [2.45, 2.75) is 112 Å². The van der Waals surface area contributed by atoms with Crippen molar-refractivity contribution in [3.05, 3.63) is 0 Å². The fourth-order valence-electron chi connectivity index (χ4n) is 4.28. The van der Waals surface area contributed by atoms with Gasteiger partial charge in [0.15, 0.2) is 0 Å². The lowest BCUT2D eigenvalue weighted by Gasteiger charge is -2.24. The van der Waals surface area contributed by atoms with Crippen molar-refractivity contribution in [2.75, 3.05) is 0 Å². The molecule has 23 heavy (non-hydrogen) atoms. The van der Waals surface area contributed by atoms with Crippen LogP contribution in [0.5, 0.6) is 0 Å². The molecule has 2 heteroatoms. The molecule has 6 unspecified atom stereocenters. The van der Waals surface area contributed by atoms with Crippen molar-refractivity contribution in [1.29, 1.82) is 0 Å². The van der Waals surface area contributed by atoms with Gasteiger partial charge in [-0.1, -0.05) is 54.4 Å². The van der Waals surface area contributed by atoms with Crippen LogP contribution in [0.3, 0.4) is 0 Å². The molecule has 0 bridgehead atoms. The molecule has 140 valence electrons. The predicted molar refractivity (Wildman–Crippen MR) is 102 cm³/mol. The molecule has 0 aromatic rings. The lowest BCUT2D eigenvalue weighted by atomic mass is 9.83. The summed E-state index contributed by atoms with van der Waals surface area (Å²) < 4.78 is 0. The highest BCUT2D eigenvalue weighted by Gasteiger charge is 2.18. The van der Waals surface area contributed by atoms with Crippen LogP contribution < -0.4 is 0 Å². The topological polar surface area (TPSA) is 40.5 Å². The number of rotatable bonds is 14. The molecule has 0 aliphatic rings. The molecule has 0 aromatic carbocycles. The maximum absolute atomic E-state index is 9.94. The van der Waals surface area contributed by atoms with Gasteiger partial charge in [0, 0.05) is 0 Å². The van der Waals surface area contributed by atoms with Gasteiger partial charge in [0.1, 0.15) is 0 Å². The standard InChI is InChI=1S/C21H44O2/c1-7-9-20(22)14-18(5)12-16(3)11-17(4)13-19(6)15-21(23)10-8-2/h16-23H,7-15H2,1-6H3. The molecule has 0 rings (SSSR count). The summed E-state index contributed by atoms with van der Waals surface area (Å²) in [6.07, 6.45) is 9.40. The van der Waals surface area contributed by atoms with E-state index in [0.717, 1.165) is 50.4 Å². The molecule has 0 amide bonds. The molecule has 0 radical (unpaired) electrons. The van der Waals surface area contributed by atoms with Gasteiger partial charge in [-0.05, 0) is 68.6 Å². The molecule has 6 atom stereocenters. The molecule has 0 heterocycles. The highest BCUT2D eigenvalue weighted by Crippen LogP contribution is 2.27. The van der Waals surface area contributed by atoms with Crippen LogP contribution in [0.25, 0.3) is 0 Å². The summed E-state index contributed by atoms with van der Waals surface area (Å²) in [6.45, 7) is 13.5. The second-order valence-corrected chi connectivity index (χ2v) is 8.48. The van der Waals surface area contributed by atoms with E-state index in [1.165, 1.54) is 19.3 Å². The van der Waals surface area contributed by atoms with Crippen molar-refractivity contribution in [2.24, 2.45) is 23.7 Å². The molecule has 0 fully saturated rings. The summed E-state index contributed by atoms with van der Waals surface area (Å²) in [5.41, 5.74) is 0. The Balaban J connectivity index is 3.97. The van der Waals surface area contributed by atoms with Gasteiger partial charge in [-0.15, -0.1) is 0 Å². The quantitative estimate of drug-likeness (QED) is 0.423. The molecule has 0 aliphatic carbocycles. The first-order valence-corrected chi connectivity index (χ1v) is 10.1. The third kappa shape index (κ3) is 12.9. The van der Waals surface area contributed by atoms with E-state index in [4.69, 9.17) is 0 Å². The Morgan fingerprint density at radius 2 is 0.783 bits per heavy atom. The Bertz CT molecular complexity index is 241. The van der Waals surface area contributed by atoms with Crippen LogP contribution in [-0.4, -0.2) is 22.4 Å². The molecule has 2 nitrogen and oxygen atoms in total. The largest absolute Gasteiger partial charge is 0.393 e. The van der Waals surface area contributed by atoms with Crippen LogP contribution in [0.15, 0.2) is 0 Å². The summed E-state index contributed by atoms with van der Waals surface area (Å²) in [4.78, 5) is 0. The Morgan fingerprint density at radius 1 is 0.522 bits per heavy atom. The average Bonchev–Trinajstić information content (AvgIpc) is 2.37. The fourth-order valence-corrected chi connectivity index (χ4v) is 4.28. The zero-order valence-corrected chi connectivity index (χ0v) is 16.7. The monoisotopic (exact) mass is 328 g/mol. The molecule has 0 aliphatic heterocycles. The van der Waals surface area contributed by atoms with E-state index in [2.05, 4.69) is 41.5 Å². The summed E-state index contributed by atoms with van der Waals surface area (Å²) in [5.74, 6) is 2.67. The smallest absolute Gasteiger partial charge is 0.0542 e. The summed E-state index contributed by atoms with van der Waals surface area (Å²) >= 11 is 0. The minimum absolute atomic E-state index is 0.111. The highest BCUT2D eigenvalue weighted by atomic mass is 16.3. The predicted octanol–water partition coefficient (Wildman–Crippen LogP) is 5.80. The van der Waals surface area contributed by atoms with E-state index in [0.29, 0.717) is 11.8 Å². The van der Waals surface area contributed by atoms with E-state index >= 15 is 0 Å². The lowest BCUT2D eigenvalue weighted by molar-refractivity contribution is 0.124. The van der Waals surface area contributed by atoms with E-state index in [1.54, 1.807) is 0 Å². The van der Waals surface area contributed by atoms with Gasteiger partial charge in [-0.25, -0.2) is 0 Å². The molecule has 0 saturated carbocycles. The summed E-state index contributed by atoms with van der Waals surface area (Å²) in [5, 5.41) is 19.9.